The molecule has 1 amide bonds. The predicted molar refractivity (Wildman–Crippen MR) is 108 cm³/mol. The van der Waals surface area contributed by atoms with Crippen LogP contribution in [0.3, 0.4) is 0 Å². The molecule has 0 spiro atoms. The second-order valence-electron chi connectivity index (χ2n) is 6.74. The molecule has 0 saturated heterocycles. The summed E-state index contributed by atoms with van der Waals surface area (Å²) in [6.45, 7) is 6.83. The normalized spacial score (nSPS) is 12.0. The van der Waals surface area contributed by atoms with E-state index in [1.807, 2.05) is 48.5 Å². The fourth-order valence-corrected chi connectivity index (χ4v) is 3.40. The molecule has 2 aromatic carbocycles. The van der Waals surface area contributed by atoms with Gasteiger partial charge in [-0.05, 0) is 56.2 Å². The molecule has 0 aliphatic carbocycles. The predicted octanol–water partition coefficient (Wildman–Crippen LogP) is 5.14. The van der Waals surface area contributed by atoms with Crippen molar-refractivity contribution in [2.45, 2.75) is 33.2 Å². The van der Waals surface area contributed by atoms with Crippen LogP contribution in [-0.4, -0.2) is 17.0 Å². The second-order valence-corrected chi connectivity index (χ2v) is 6.74. The van der Waals surface area contributed by atoms with E-state index in [1.54, 1.807) is 0 Å². The van der Waals surface area contributed by atoms with Gasteiger partial charge in [-0.25, -0.2) is 0 Å². The van der Waals surface area contributed by atoms with Crippen molar-refractivity contribution in [2.24, 2.45) is 0 Å². The Morgan fingerprint density at radius 3 is 2.23 bits per heavy atom. The Bertz CT molecular complexity index is 867. The summed E-state index contributed by atoms with van der Waals surface area (Å²) in [5.41, 5.74) is 4.50. The molecule has 3 aromatic rings. The summed E-state index contributed by atoms with van der Waals surface area (Å²) in [6.07, 6.45) is 4.49. The molecule has 0 saturated carbocycles. The molecule has 1 aromatic heterocycles. The average molecular weight is 346 g/mol. The van der Waals surface area contributed by atoms with Crippen molar-refractivity contribution >= 4 is 11.6 Å². The van der Waals surface area contributed by atoms with Gasteiger partial charge in [-0.2, -0.15) is 0 Å². The van der Waals surface area contributed by atoms with E-state index in [9.17, 15) is 4.79 Å². The molecular formula is C23H26N2O. The van der Waals surface area contributed by atoms with Gasteiger partial charge in [0, 0.05) is 24.6 Å². The third-order valence-corrected chi connectivity index (χ3v) is 4.71. The number of aryl methyl sites for hydroxylation is 2. The first kappa shape index (κ1) is 18.0. The van der Waals surface area contributed by atoms with E-state index >= 15 is 0 Å². The van der Waals surface area contributed by atoms with Crippen LogP contribution in [0.4, 0.5) is 5.69 Å². The standard InChI is InChI=1S/C23H26N2O/c1-4-25(21-12-8-10-19(3)16-21)23(26)17-22(24-13-5-6-14-24)20-11-7-9-18(2)15-20/h5-16,22H,4,17H2,1-3H3. The molecule has 1 heterocycles. The Kier molecular flexibility index (Phi) is 5.57. The van der Waals surface area contributed by atoms with E-state index in [0.29, 0.717) is 13.0 Å². The molecule has 0 radical (unpaired) electrons. The molecule has 134 valence electrons. The Hall–Kier alpha value is -2.81. The molecular weight excluding hydrogens is 320 g/mol. The maximum Gasteiger partial charge on any atom is 0.229 e. The summed E-state index contributed by atoms with van der Waals surface area (Å²) in [7, 11) is 0. The third-order valence-electron chi connectivity index (χ3n) is 4.71. The highest BCUT2D eigenvalue weighted by atomic mass is 16.2. The average Bonchev–Trinajstić information content (AvgIpc) is 3.15. The van der Waals surface area contributed by atoms with Gasteiger partial charge < -0.3 is 9.47 Å². The number of hydrogen-bond donors (Lipinski definition) is 0. The van der Waals surface area contributed by atoms with E-state index in [2.05, 4.69) is 54.8 Å². The number of aromatic nitrogens is 1. The Labute approximate surface area is 155 Å². The molecule has 1 unspecified atom stereocenters. The number of amides is 1. The zero-order valence-corrected chi connectivity index (χ0v) is 15.7. The number of nitrogens with zero attached hydrogens (tertiary/aromatic N) is 2. The molecule has 0 bridgehead atoms. The van der Waals surface area contributed by atoms with Crippen LogP contribution in [0.25, 0.3) is 0 Å². The topological polar surface area (TPSA) is 25.2 Å². The number of hydrogen-bond acceptors (Lipinski definition) is 1. The maximum absolute atomic E-state index is 13.2. The van der Waals surface area contributed by atoms with E-state index in [0.717, 1.165) is 16.8 Å². The first-order valence-corrected chi connectivity index (χ1v) is 9.14. The quantitative estimate of drug-likeness (QED) is 0.607. The summed E-state index contributed by atoms with van der Waals surface area (Å²) in [5, 5.41) is 0. The van der Waals surface area contributed by atoms with Crippen LogP contribution in [0.1, 0.15) is 36.1 Å². The zero-order chi connectivity index (χ0) is 18.5. The Morgan fingerprint density at radius 1 is 0.962 bits per heavy atom. The van der Waals surface area contributed by atoms with Crippen LogP contribution in [0.15, 0.2) is 73.1 Å². The molecule has 3 heteroatoms. The van der Waals surface area contributed by atoms with Crippen molar-refractivity contribution in [1.29, 1.82) is 0 Å². The molecule has 0 fully saturated rings. The monoisotopic (exact) mass is 346 g/mol. The van der Waals surface area contributed by atoms with Gasteiger partial charge in [0.2, 0.25) is 5.91 Å². The lowest BCUT2D eigenvalue weighted by Crippen LogP contribution is -2.32. The van der Waals surface area contributed by atoms with E-state index in [-0.39, 0.29) is 11.9 Å². The van der Waals surface area contributed by atoms with E-state index in [1.165, 1.54) is 5.56 Å². The van der Waals surface area contributed by atoms with Crippen LogP contribution in [0, 0.1) is 13.8 Å². The fraction of sp³-hybridized carbons (Fsp3) is 0.261. The molecule has 0 aliphatic heterocycles. The summed E-state index contributed by atoms with van der Waals surface area (Å²) in [4.78, 5) is 15.0. The lowest BCUT2D eigenvalue weighted by Gasteiger charge is -2.26. The molecule has 1 atom stereocenters. The van der Waals surface area contributed by atoms with Gasteiger partial charge in [-0.3, -0.25) is 4.79 Å². The van der Waals surface area contributed by atoms with Crippen molar-refractivity contribution in [2.75, 3.05) is 11.4 Å². The maximum atomic E-state index is 13.2. The van der Waals surface area contributed by atoms with Gasteiger partial charge in [0.15, 0.2) is 0 Å². The van der Waals surface area contributed by atoms with Gasteiger partial charge >= 0.3 is 0 Å². The first-order chi connectivity index (χ1) is 12.6. The minimum absolute atomic E-state index is 0.00346. The molecule has 26 heavy (non-hydrogen) atoms. The Morgan fingerprint density at radius 2 is 1.62 bits per heavy atom. The lowest BCUT2D eigenvalue weighted by molar-refractivity contribution is -0.119. The summed E-state index contributed by atoms with van der Waals surface area (Å²) >= 11 is 0. The van der Waals surface area contributed by atoms with Crippen molar-refractivity contribution in [3.63, 3.8) is 0 Å². The number of benzene rings is 2. The van der Waals surface area contributed by atoms with Crippen molar-refractivity contribution < 1.29 is 4.79 Å². The number of rotatable bonds is 6. The summed E-state index contributed by atoms with van der Waals surface area (Å²) in [6, 6.07) is 20.6. The number of carbonyl (C=O) groups excluding carboxylic acids is 1. The molecule has 0 N–H and O–H groups in total. The summed E-state index contributed by atoms with van der Waals surface area (Å²) in [5.74, 6) is 0.137. The molecule has 3 nitrogen and oxygen atoms in total. The molecule has 0 aliphatic rings. The van der Waals surface area contributed by atoms with Gasteiger partial charge in [0.25, 0.3) is 0 Å². The van der Waals surface area contributed by atoms with Crippen LogP contribution < -0.4 is 4.90 Å². The lowest BCUT2D eigenvalue weighted by atomic mass is 10.0. The van der Waals surface area contributed by atoms with Gasteiger partial charge in [-0.15, -0.1) is 0 Å². The van der Waals surface area contributed by atoms with Crippen molar-refractivity contribution in [3.05, 3.63) is 89.7 Å². The van der Waals surface area contributed by atoms with E-state index < -0.39 is 0 Å². The SMILES string of the molecule is CCN(C(=O)CC(c1cccc(C)c1)n1cccc1)c1cccc(C)c1. The number of carbonyl (C=O) groups is 1. The van der Waals surface area contributed by atoms with Gasteiger partial charge in [0.05, 0.1) is 12.5 Å². The van der Waals surface area contributed by atoms with Crippen LogP contribution in [0.2, 0.25) is 0 Å². The van der Waals surface area contributed by atoms with Crippen LogP contribution >= 0.6 is 0 Å². The second kappa shape index (κ2) is 8.05. The summed E-state index contributed by atoms with van der Waals surface area (Å²) < 4.78 is 2.12. The fourth-order valence-electron chi connectivity index (χ4n) is 3.40. The minimum atomic E-state index is -0.00346. The van der Waals surface area contributed by atoms with E-state index in [4.69, 9.17) is 0 Å². The van der Waals surface area contributed by atoms with Crippen molar-refractivity contribution in [1.82, 2.24) is 4.57 Å². The van der Waals surface area contributed by atoms with Crippen LogP contribution in [-0.2, 0) is 4.79 Å². The van der Waals surface area contributed by atoms with Crippen LogP contribution in [0.5, 0.6) is 0 Å². The zero-order valence-electron chi connectivity index (χ0n) is 15.7. The highest BCUT2D eigenvalue weighted by Gasteiger charge is 2.22. The first-order valence-electron chi connectivity index (χ1n) is 9.14. The van der Waals surface area contributed by atoms with Gasteiger partial charge in [0.1, 0.15) is 0 Å². The highest BCUT2D eigenvalue weighted by Crippen LogP contribution is 2.26. The third kappa shape index (κ3) is 4.05. The Balaban J connectivity index is 1.89. The molecule has 3 rings (SSSR count). The minimum Gasteiger partial charge on any atom is -0.346 e. The highest BCUT2D eigenvalue weighted by molar-refractivity contribution is 5.93. The number of anilines is 1. The van der Waals surface area contributed by atoms with Gasteiger partial charge in [-0.1, -0.05) is 42.0 Å². The smallest absolute Gasteiger partial charge is 0.229 e. The van der Waals surface area contributed by atoms with Crippen molar-refractivity contribution in [3.8, 4) is 0 Å². The largest absolute Gasteiger partial charge is 0.346 e.